The van der Waals surface area contributed by atoms with Crippen LogP contribution in [0.5, 0.6) is 0 Å². The van der Waals surface area contributed by atoms with Crippen molar-refractivity contribution in [2.45, 2.75) is 44.6 Å². The maximum absolute atomic E-state index is 4.92. The van der Waals surface area contributed by atoms with Crippen molar-refractivity contribution in [2.24, 2.45) is 5.16 Å². The molecule has 0 bridgehead atoms. The Morgan fingerprint density at radius 1 is 1.12 bits per heavy atom. The van der Waals surface area contributed by atoms with Crippen LogP contribution in [0.4, 0.5) is 0 Å². The van der Waals surface area contributed by atoms with Gasteiger partial charge in [-0.1, -0.05) is 43.5 Å². The lowest BCUT2D eigenvalue weighted by Crippen LogP contribution is -2.04. The highest BCUT2D eigenvalue weighted by atomic mass is 16.6. The van der Waals surface area contributed by atoms with Gasteiger partial charge in [-0.15, -0.1) is 5.16 Å². The van der Waals surface area contributed by atoms with E-state index in [2.05, 4.69) is 36.1 Å². The van der Waals surface area contributed by atoms with Crippen molar-refractivity contribution in [3.63, 3.8) is 0 Å². The molecule has 0 N–H and O–H groups in total. The van der Waals surface area contributed by atoms with Gasteiger partial charge in [0, 0.05) is 6.72 Å². The van der Waals surface area contributed by atoms with E-state index in [9.17, 15) is 0 Å². The first-order chi connectivity index (χ1) is 7.90. The summed E-state index contributed by atoms with van der Waals surface area (Å²) in [7, 11) is 0. The Labute approximate surface area is 97.3 Å². The fourth-order valence-corrected chi connectivity index (χ4v) is 2.44. The quantitative estimate of drug-likeness (QED) is 0.554. The predicted molar refractivity (Wildman–Crippen MR) is 66.6 cm³/mol. The minimum absolute atomic E-state index is 0.522. The van der Waals surface area contributed by atoms with Crippen molar-refractivity contribution in [1.82, 2.24) is 0 Å². The van der Waals surface area contributed by atoms with Gasteiger partial charge >= 0.3 is 0 Å². The molecule has 0 radical (unpaired) electrons. The van der Waals surface area contributed by atoms with E-state index in [1.165, 1.54) is 37.7 Å². The Hall–Kier alpha value is -1.31. The maximum Gasteiger partial charge on any atom is 0.142 e. The van der Waals surface area contributed by atoms with Gasteiger partial charge in [0.05, 0.1) is 0 Å². The van der Waals surface area contributed by atoms with Gasteiger partial charge in [0.1, 0.15) is 6.61 Å². The Morgan fingerprint density at radius 2 is 1.81 bits per heavy atom. The third-order valence-corrected chi connectivity index (χ3v) is 3.38. The minimum Gasteiger partial charge on any atom is -0.391 e. The van der Waals surface area contributed by atoms with E-state index in [-0.39, 0.29) is 0 Å². The second-order valence-electron chi connectivity index (χ2n) is 4.48. The van der Waals surface area contributed by atoms with Gasteiger partial charge in [-0.2, -0.15) is 0 Å². The monoisotopic (exact) mass is 217 g/mol. The fourth-order valence-electron chi connectivity index (χ4n) is 2.44. The summed E-state index contributed by atoms with van der Waals surface area (Å²) in [6.07, 6.45) is 6.88. The zero-order chi connectivity index (χ0) is 11.2. The van der Waals surface area contributed by atoms with Crippen LogP contribution in [-0.2, 0) is 11.4 Å². The molecule has 0 atom stereocenters. The third kappa shape index (κ3) is 2.84. The zero-order valence-electron chi connectivity index (χ0n) is 9.69. The third-order valence-electron chi connectivity index (χ3n) is 3.38. The average Bonchev–Trinajstić information content (AvgIpc) is 2.38. The highest BCUT2D eigenvalue weighted by Gasteiger charge is 2.14. The van der Waals surface area contributed by atoms with E-state index < -0.39 is 0 Å². The van der Waals surface area contributed by atoms with Crippen molar-refractivity contribution in [3.05, 3.63) is 35.4 Å². The van der Waals surface area contributed by atoms with E-state index in [1.54, 1.807) is 0 Å². The normalized spacial score (nSPS) is 17.0. The van der Waals surface area contributed by atoms with Gasteiger partial charge in [-0.05, 0) is 29.9 Å². The molecule has 1 aromatic rings. The van der Waals surface area contributed by atoms with Crippen LogP contribution < -0.4 is 0 Å². The first-order valence-corrected chi connectivity index (χ1v) is 6.07. The lowest BCUT2D eigenvalue weighted by molar-refractivity contribution is 0.133. The van der Waals surface area contributed by atoms with Gasteiger partial charge in [0.2, 0.25) is 0 Å². The van der Waals surface area contributed by atoms with Crippen molar-refractivity contribution in [1.29, 1.82) is 0 Å². The Morgan fingerprint density at radius 3 is 2.44 bits per heavy atom. The summed E-state index contributed by atoms with van der Waals surface area (Å²) in [6, 6.07) is 8.74. The summed E-state index contributed by atoms with van der Waals surface area (Å²) in [5.41, 5.74) is 2.64. The molecule has 1 saturated carbocycles. The van der Waals surface area contributed by atoms with E-state index in [0.717, 1.165) is 11.5 Å². The molecule has 2 nitrogen and oxygen atoms in total. The first kappa shape index (κ1) is 11.2. The summed E-state index contributed by atoms with van der Waals surface area (Å²) in [5, 5.41) is 3.39. The molecule has 0 unspecified atom stereocenters. The Bertz CT molecular complexity index is 325. The van der Waals surface area contributed by atoms with Crippen molar-refractivity contribution >= 4 is 6.72 Å². The molecular weight excluding hydrogens is 198 g/mol. The van der Waals surface area contributed by atoms with E-state index >= 15 is 0 Å². The molecule has 1 aliphatic carbocycles. The van der Waals surface area contributed by atoms with Crippen LogP contribution in [-0.4, -0.2) is 6.72 Å². The SMILES string of the molecule is C=NOCc1ccc(C2CCCCC2)cc1. The van der Waals surface area contributed by atoms with E-state index in [0.29, 0.717) is 6.61 Å². The molecule has 0 saturated heterocycles. The smallest absolute Gasteiger partial charge is 0.142 e. The molecule has 2 rings (SSSR count). The average molecular weight is 217 g/mol. The molecular formula is C14H19NO. The molecule has 0 amide bonds. The highest BCUT2D eigenvalue weighted by Crippen LogP contribution is 2.32. The van der Waals surface area contributed by atoms with Crippen molar-refractivity contribution in [2.75, 3.05) is 0 Å². The Balaban J connectivity index is 1.97. The molecule has 2 heteroatoms. The number of hydrogen-bond acceptors (Lipinski definition) is 2. The molecule has 1 fully saturated rings. The van der Waals surface area contributed by atoms with Crippen LogP contribution in [0, 0.1) is 0 Å². The molecule has 1 aliphatic rings. The van der Waals surface area contributed by atoms with E-state index in [4.69, 9.17) is 4.84 Å². The summed E-state index contributed by atoms with van der Waals surface area (Å²) in [6.45, 7) is 3.82. The van der Waals surface area contributed by atoms with Crippen molar-refractivity contribution in [3.8, 4) is 0 Å². The van der Waals surface area contributed by atoms with Crippen LogP contribution >= 0.6 is 0 Å². The van der Waals surface area contributed by atoms with Crippen LogP contribution in [0.3, 0.4) is 0 Å². The number of nitrogens with zero attached hydrogens (tertiary/aromatic N) is 1. The van der Waals surface area contributed by atoms with Gasteiger partial charge in [0.15, 0.2) is 0 Å². The Kier molecular flexibility index (Phi) is 3.97. The lowest BCUT2D eigenvalue weighted by atomic mass is 9.84. The highest BCUT2D eigenvalue weighted by molar-refractivity contribution is 5.25. The molecule has 0 heterocycles. The zero-order valence-corrected chi connectivity index (χ0v) is 9.69. The molecule has 16 heavy (non-hydrogen) atoms. The standard InChI is InChI=1S/C14H19NO/c1-15-16-11-12-7-9-14(10-8-12)13-5-3-2-4-6-13/h7-10,13H,1-6,11H2. The topological polar surface area (TPSA) is 21.6 Å². The molecule has 0 spiro atoms. The second kappa shape index (κ2) is 5.69. The van der Waals surface area contributed by atoms with Gasteiger partial charge in [0.25, 0.3) is 0 Å². The van der Waals surface area contributed by atoms with Gasteiger partial charge in [-0.25, -0.2) is 0 Å². The molecule has 0 aromatic heterocycles. The summed E-state index contributed by atoms with van der Waals surface area (Å²) < 4.78 is 0. The number of benzene rings is 1. The van der Waals surface area contributed by atoms with E-state index in [1.807, 2.05) is 0 Å². The van der Waals surface area contributed by atoms with Crippen molar-refractivity contribution < 1.29 is 4.84 Å². The number of rotatable bonds is 4. The number of oxime groups is 1. The largest absolute Gasteiger partial charge is 0.391 e. The van der Waals surface area contributed by atoms with Crippen LogP contribution in [0.1, 0.15) is 49.1 Å². The summed E-state index contributed by atoms with van der Waals surface area (Å²) in [4.78, 5) is 4.92. The summed E-state index contributed by atoms with van der Waals surface area (Å²) in [5.74, 6) is 0.779. The van der Waals surface area contributed by atoms with Crippen LogP contribution in [0.25, 0.3) is 0 Å². The van der Waals surface area contributed by atoms with Crippen LogP contribution in [0.15, 0.2) is 29.4 Å². The summed E-state index contributed by atoms with van der Waals surface area (Å²) >= 11 is 0. The molecule has 86 valence electrons. The lowest BCUT2D eigenvalue weighted by Gasteiger charge is -2.22. The minimum atomic E-state index is 0.522. The van der Waals surface area contributed by atoms with Gasteiger partial charge in [-0.3, -0.25) is 0 Å². The molecule has 1 aromatic carbocycles. The predicted octanol–water partition coefficient (Wildman–Crippen LogP) is 3.87. The second-order valence-corrected chi connectivity index (χ2v) is 4.48. The maximum atomic E-state index is 4.92. The first-order valence-electron chi connectivity index (χ1n) is 6.07. The fraction of sp³-hybridized carbons (Fsp3) is 0.500. The van der Waals surface area contributed by atoms with Crippen LogP contribution in [0.2, 0.25) is 0 Å². The van der Waals surface area contributed by atoms with Gasteiger partial charge < -0.3 is 4.84 Å². The molecule has 0 aliphatic heterocycles. The number of hydrogen-bond donors (Lipinski definition) is 0.